The quantitative estimate of drug-likeness (QED) is 0.161. The van der Waals surface area contributed by atoms with Crippen LogP contribution >= 0.6 is 0 Å². The summed E-state index contributed by atoms with van der Waals surface area (Å²) in [7, 11) is 0. The zero-order valence-corrected chi connectivity index (χ0v) is 33.4. The van der Waals surface area contributed by atoms with E-state index in [2.05, 4.69) is 144 Å². The first-order chi connectivity index (χ1) is 30.7. The summed E-state index contributed by atoms with van der Waals surface area (Å²) in [6.07, 6.45) is 1.95. The van der Waals surface area contributed by atoms with E-state index in [1.165, 1.54) is 5.39 Å². The van der Waals surface area contributed by atoms with Crippen molar-refractivity contribution in [1.29, 1.82) is 0 Å². The number of hydrogen-bond donors (Lipinski definition) is 0. The van der Waals surface area contributed by atoms with Crippen LogP contribution in [0.25, 0.3) is 117 Å². The Hall–Kier alpha value is -8.48. The van der Waals surface area contributed by atoms with Crippen molar-refractivity contribution in [2.75, 3.05) is 0 Å². The summed E-state index contributed by atoms with van der Waals surface area (Å²) in [5.41, 5.74) is 13.1. The molecule has 0 radical (unpaired) electrons. The van der Waals surface area contributed by atoms with Gasteiger partial charge in [0, 0.05) is 61.2 Å². The van der Waals surface area contributed by atoms with Gasteiger partial charge in [-0.05, 0) is 59.2 Å². The van der Waals surface area contributed by atoms with E-state index in [0.717, 1.165) is 88.6 Å². The fourth-order valence-corrected chi connectivity index (χ4v) is 8.78. The highest BCUT2D eigenvalue weighted by Gasteiger charge is 2.24. The van der Waals surface area contributed by atoms with E-state index >= 15 is 0 Å². The van der Waals surface area contributed by atoms with Crippen molar-refractivity contribution in [3.05, 3.63) is 212 Å². The summed E-state index contributed by atoms with van der Waals surface area (Å²) in [6.45, 7) is 0. The summed E-state index contributed by atoms with van der Waals surface area (Å²) in [6, 6.07) is 71.1. The van der Waals surface area contributed by atoms with Crippen molar-refractivity contribution in [2.45, 2.75) is 0 Å². The van der Waals surface area contributed by atoms with Crippen LogP contribution in [-0.2, 0) is 0 Å². The maximum Gasteiger partial charge on any atom is 0.166 e. The Kier molecular flexibility index (Phi) is 8.38. The van der Waals surface area contributed by atoms with Crippen LogP contribution in [0.1, 0.15) is 0 Å². The average molecular weight is 794 g/mol. The van der Waals surface area contributed by atoms with E-state index in [-0.39, 0.29) is 0 Å². The number of benzene rings is 8. The molecule has 0 spiro atoms. The summed E-state index contributed by atoms with van der Waals surface area (Å²) in [4.78, 5) is 20.8. The molecule has 8 aromatic carbocycles. The van der Waals surface area contributed by atoms with Crippen LogP contribution in [0.5, 0.6) is 0 Å². The molecule has 0 atom stereocenters. The Bertz CT molecular complexity index is 3560. The monoisotopic (exact) mass is 793 g/mol. The minimum atomic E-state index is 0.515. The number of rotatable bonds is 7. The molecule has 6 heteroatoms. The van der Waals surface area contributed by atoms with Gasteiger partial charge in [-0.15, -0.1) is 0 Å². The lowest BCUT2D eigenvalue weighted by molar-refractivity contribution is 0.672. The summed E-state index contributed by atoms with van der Waals surface area (Å²) in [5.74, 6) is 1.67. The van der Waals surface area contributed by atoms with E-state index in [9.17, 15) is 0 Å². The average Bonchev–Trinajstić information content (AvgIpc) is 3.91. The number of hydrogen-bond acceptors (Lipinski definition) is 5. The Morgan fingerprint density at radius 2 is 0.887 bits per heavy atom. The van der Waals surface area contributed by atoms with Crippen LogP contribution in [0.2, 0.25) is 0 Å². The van der Waals surface area contributed by atoms with Crippen LogP contribution < -0.4 is 0 Å². The van der Waals surface area contributed by atoms with Crippen molar-refractivity contribution in [3.8, 4) is 73.4 Å². The van der Waals surface area contributed by atoms with Gasteiger partial charge in [0.2, 0.25) is 0 Å². The largest absolute Gasteiger partial charge is 0.453 e. The molecule has 0 amide bonds. The number of furan rings is 1. The zero-order valence-electron chi connectivity index (χ0n) is 33.4. The lowest BCUT2D eigenvalue weighted by atomic mass is 9.96. The van der Waals surface area contributed by atoms with Crippen molar-refractivity contribution in [2.24, 2.45) is 0 Å². The first kappa shape index (κ1) is 35.5. The maximum absolute atomic E-state index is 7.19. The van der Waals surface area contributed by atoms with Gasteiger partial charge in [0.15, 0.2) is 23.1 Å². The van der Waals surface area contributed by atoms with Crippen LogP contribution in [-0.4, -0.2) is 24.5 Å². The Morgan fingerprint density at radius 1 is 0.355 bits per heavy atom. The molecule has 290 valence electrons. The topological polar surface area (TPSA) is 69.6 Å². The first-order valence-corrected chi connectivity index (χ1v) is 20.7. The first-order valence-electron chi connectivity index (χ1n) is 20.7. The van der Waals surface area contributed by atoms with Gasteiger partial charge in [-0.1, -0.05) is 164 Å². The lowest BCUT2D eigenvalue weighted by Crippen LogP contribution is -2.02. The predicted molar refractivity (Wildman–Crippen MR) is 252 cm³/mol. The highest BCUT2D eigenvalue weighted by Crippen LogP contribution is 2.44. The standard InChI is InChI=1S/C56H35N5O/c1-5-17-36(18-6-1)39-23-15-24-40(33-39)41-34-48(56-59-54(37-19-7-2-8-20-37)58-55(60-56)38-21-9-3-10-22-38)50(57-35-41)47-29-16-28-45-46-32-31-44-43-27-13-14-30-49(43)61(42-25-11-4-12-26-42)51(44)53(46)62-52(45)47/h1-35H. The number of fused-ring (bicyclic) bond motifs is 7. The van der Waals surface area contributed by atoms with Crippen LogP contribution in [0, 0.1) is 0 Å². The molecule has 0 saturated heterocycles. The summed E-state index contributed by atoms with van der Waals surface area (Å²) in [5, 5.41) is 4.33. The van der Waals surface area contributed by atoms with Crippen molar-refractivity contribution < 1.29 is 4.42 Å². The number of pyridine rings is 1. The third-order valence-corrected chi connectivity index (χ3v) is 11.7. The second-order valence-corrected chi connectivity index (χ2v) is 15.4. The van der Waals surface area contributed by atoms with Crippen LogP contribution in [0.4, 0.5) is 0 Å². The molecule has 0 bridgehead atoms. The normalized spacial score (nSPS) is 11.5. The van der Waals surface area contributed by atoms with E-state index in [0.29, 0.717) is 23.2 Å². The van der Waals surface area contributed by atoms with Crippen molar-refractivity contribution in [3.63, 3.8) is 0 Å². The SMILES string of the molecule is c1ccc(-c2cccc(-c3cnc(-c4cccc5c4oc4c5ccc5c6ccccc6n(-c6ccccc6)c54)c(-c4nc(-c5ccccc5)nc(-c5ccccc5)n4)c3)c2)cc1. The molecule has 12 rings (SSSR count). The summed E-state index contributed by atoms with van der Waals surface area (Å²) < 4.78 is 9.50. The smallest absolute Gasteiger partial charge is 0.166 e. The zero-order chi connectivity index (χ0) is 41.0. The molecule has 4 aromatic heterocycles. The molecular formula is C56H35N5O. The second kappa shape index (κ2) is 14.7. The molecule has 0 aliphatic heterocycles. The van der Waals surface area contributed by atoms with E-state index in [1.807, 2.05) is 72.9 Å². The van der Waals surface area contributed by atoms with E-state index < -0.39 is 0 Å². The minimum Gasteiger partial charge on any atom is -0.453 e. The highest BCUT2D eigenvalue weighted by molar-refractivity contribution is 6.22. The molecule has 0 unspecified atom stereocenters. The summed E-state index contributed by atoms with van der Waals surface area (Å²) >= 11 is 0. The van der Waals surface area contributed by atoms with Crippen molar-refractivity contribution in [1.82, 2.24) is 24.5 Å². The second-order valence-electron chi connectivity index (χ2n) is 15.4. The van der Waals surface area contributed by atoms with Crippen LogP contribution in [0.15, 0.2) is 217 Å². The Labute approximate surface area is 357 Å². The maximum atomic E-state index is 7.19. The van der Waals surface area contributed by atoms with Crippen molar-refractivity contribution >= 4 is 43.7 Å². The molecule has 0 saturated carbocycles. The van der Waals surface area contributed by atoms with Gasteiger partial charge in [-0.3, -0.25) is 4.98 Å². The molecule has 6 nitrogen and oxygen atoms in total. The molecule has 0 N–H and O–H groups in total. The van der Waals surface area contributed by atoms with E-state index in [1.54, 1.807) is 0 Å². The van der Waals surface area contributed by atoms with Gasteiger partial charge in [0.1, 0.15) is 5.58 Å². The third kappa shape index (κ3) is 5.96. The van der Waals surface area contributed by atoms with Gasteiger partial charge < -0.3 is 8.98 Å². The molecule has 0 fully saturated rings. The molecule has 4 heterocycles. The van der Waals surface area contributed by atoms with Gasteiger partial charge in [-0.2, -0.15) is 0 Å². The fourth-order valence-electron chi connectivity index (χ4n) is 8.78. The molecular weight excluding hydrogens is 759 g/mol. The molecule has 0 aliphatic rings. The number of nitrogens with zero attached hydrogens (tertiary/aromatic N) is 5. The third-order valence-electron chi connectivity index (χ3n) is 11.7. The number of para-hydroxylation sites is 3. The predicted octanol–water partition coefficient (Wildman–Crippen LogP) is 14.3. The van der Waals surface area contributed by atoms with Gasteiger partial charge in [0.05, 0.1) is 16.7 Å². The molecule has 0 aliphatic carbocycles. The minimum absolute atomic E-state index is 0.515. The van der Waals surface area contributed by atoms with Gasteiger partial charge >= 0.3 is 0 Å². The lowest BCUT2D eigenvalue weighted by Gasteiger charge is -2.14. The molecule has 12 aromatic rings. The van der Waals surface area contributed by atoms with Gasteiger partial charge in [0.25, 0.3) is 0 Å². The number of aromatic nitrogens is 5. The van der Waals surface area contributed by atoms with Gasteiger partial charge in [-0.25, -0.2) is 15.0 Å². The fraction of sp³-hybridized carbons (Fsp3) is 0. The van der Waals surface area contributed by atoms with E-state index in [4.69, 9.17) is 24.4 Å². The molecule has 62 heavy (non-hydrogen) atoms. The highest BCUT2D eigenvalue weighted by atomic mass is 16.3. The Morgan fingerprint density at radius 3 is 1.60 bits per heavy atom. The van der Waals surface area contributed by atoms with Crippen LogP contribution in [0.3, 0.4) is 0 Å². The Balaban J connectivity index is 1.13.